The summed E-state index contributed by atoms with van der Waals surface area (Å²) in [5.41, 5.74) is 0.979. The molecule has 1 amide bonds. The van der Waals surface area contributed by atoms with Crippen LogP contribution < -0.4 is 5.32 Å². The lowest BCUT2D eigenvalue weighted by atomic mass is 10.3. The molecule has 102 valence electrons. The van der Waals surface area contributed by atoms with Crippen molar-refractivity contribution in [1.29, 1.82) is 0 Å². The molecule has 2 aromatic heterocycles. The van der Waals surface area contributed by atoms with Crippen LogP contribution in [-0.2, 0) is 24.2 Å². The number of aromatic amines is 1. The fraction of sp³-hybridized carbons (Fsp3) is 0.417. The molecular weight excluding hydrogens is 298 g/mol. The first-order chi connectivity index (χ1) is 9.08. The van der Waals surface area contributed by atoms with Crippen molar-refractivity contribution in [3.63, 3.8) is 0 Å². The number of hydrogen-bond acceptors (Lipinski definition) is 5. The average molecular weight is 313 g/mol. The van der Waals surface area contributed by atoms with Gasteiger partial charge in [-0.25, -0.2) is 4.98 Å². The minimum absolute atomic E-state index is 0.00148. The van der Waals surface area contributed by atoms with Gasteiger partial charge in [0.15, 0.2) is 3.95 Å². The van der Waals surface area contributed by atoms with Crippen LogP contribution in [0.1, 0.15) is 27.4 Å². The number of nitrogens with one attached hydrogen (secondary N) is 2. The lowest BCUT2D eigenvalue weighted by molar-refractivity contribution is -0.120. The molecule has 0 atom stereocenters. The Hall–Kier alpha value is -1.05. The van der Waals surface area contributed by atoms with Gasteiger partial charge < -0.3 is 10.3 Å². The first-order valence-corrected chi connectivity index (χ1v) is 8.01. The molecular formula is C12H15N3OS3. The third kappa shape index (κ3) is 3.95. The molecule has 4 nitrogen and oxygen atoms in total. The number of thiazole rings is 2. The molecule has 2 N–H and O–H groups in total. The molecule has 2 heterocycles. The Bertz CT molecular complexity index is 626. The topological polar surface area (TPSA) is 57.8 Å². The molecule has 0 aromatic carbocycles. The summed E-state index contributed by atoms with van der Waals surface area (Å²) < 4.78 is 0.716. The van der Waals surface area contributed by atoms with Gasteiger partial charge in [0, 0.05) is 21.6 Å². The number of carbonyl (C=O) groups excluding carboxylic acids is 1. The van der Waals surface area contributed by atoms with E-state index in [9.17, 15) is 4.79 Å². The van der Waals surface area contributed by atoms with E-state index in [0.717, 1.165) is 22.0 Å². The Labute approximate surface area is 124 Å². The quantitative estimate of drug-likeness (QED) is 0.834. The van der Waals surface area contributed by atoms with Crippen molar-refractivity contribution in [1.82, 2.24) is 15.3 Å². The van der Waals surface area contributed by atoms with Gasteiger partial charge in [0.05, 0.1) is 13.0 Å². The van der Waals surface area contributed by atoms with Crippen LogP contribution in [0.4, 0.5) is 0 Å². The lowest BCUT2D eigenvalue weighted by Crippen LogP contribution is -2.24. The minimum atomic E-state index is 0.00148. The number of aromatic nitrogens is 2. The number of amides is 1. The van der Waals surface area contributed by atoms with E-state index in [4.69, 9.17) is 12.2 Å². The van der Waals surface area contributed by atoms with Gasteiger partial charge in [-0.1, -0.05) is 6.92 Å². The first-order valence-electron chi connectivity index (χ1n) is 5.97. The Morgan fingerprint density at radius 2 is 2.32 bits per heavy atom. The van der Waals surface area contributed by atoms with Crippen molar-refractivity contribution in [2.45, 2.75) is 33.2 Å². The molecule has 0 radical (unpaired) electrons. The van der Waals surface area contributed by atoms with Crippen LogP contribution in [0.2, 0.25) is 0 Å². The van der Waals surface area contributed by atoms with Crippen molar-refractivity contribution in [2.24, 2.45) is 0 Å². The summed E-state index contributed by atoms with van der Waals surface area (Å²) in [6, 6.07) is 0. The van der Waals surface area contributed by atoms with Gasteiger partial charge >= 0.3 is 0 Å². The zero-order valence-electron chi connectivity index (χ0n) is 10.8. The summed E-state index contributed by atoms with van der Waals surface area (Å²) in [6.07, 6.45) is 3.22. The summed E-state index contributed by atoms with van der Waals surface area (Å²) in [4.78, 5) is 21.4. The normalized spacial score (nSPS) is 10.6. The zero-order chi connectivity index (χ0) is 13.8. The number of rotatable bonds is 5. The predicted molar refractivity (Wildman–Crippen MR) is 81.3 cm³/mol. The molecule has 7 heteroatoms. The maximum atomic E-state index is 11.8. The van der Waals surface area contributed by atoms with Gasteiger partial charge in [0.2, 0.25) is 5.91 Å². The number of H-pyrrole nitrogens is 1. The van der Waals surface area contributed by atoms with E-state index >= 15 is 0 Å². The van der Waals surface area contributed by atoms with Crippen molar-refractivity contribution in [3.05, 3.63) is 30.6 Å². The lowest BCUT2D eigenvalue weighted by Gasteiger charge is -2.02. The standard InChI is InChI=1S/C12H15N3OS3/c1-3-8-5-14-11(18-8)6-13-10(16)4-9-7(2)15-12(17)19-9/h5H,3-4,6H2,1-2H3,(H,13,16)(H,15,17). The van der Waals surface area contributed by atoms with Crippen molar-refractivity contribution in [3.8, 4) is 0 Å². The maximum absolute atomic E-state index is 11.8. The van der Waals surface area contributed by atoms with E-state index in [-0.39, 0.29) is 5.91 Å². The molecule has 0 aliphatic carbocycles. The van der Waals surface area contributed by atoms with Crippen molar-refractivity contribution in [2.75, 3.05) is 0 Å². The number of aryl methyl sites for hydroxylation is 2. The van der Waals surface area contributed by atoms with Crippen LogP contribution in [0.25, 0.3) is 0 Å². The molecule has 0 bridgehead atoms. The summed E-state index contributed by atoms with van der Waals surface area (Å²) in [7, 11) is 0. The average Bonchev–Trinajstić information content (AvgIpc) is 2.94. The van der Waals surface area contributed by atoms with Crippen molar-refractivity contribution < 1.29 is 4.79 Å². The largest absolute Gasteiger partial charge is 0.349 e. The molecule has 0 fully saturated rings. The second-order valence-corrected chi connectivity index (χ2v) is 7.06. The van der Waals surface area contributed by atoms with E-state index in [1.807, 2.05) is 13.1 Å². The molecule has 0 aliphatic rings. The van der Waals surface area contributed by atoms with Gasteiger partial charge in [-0.05, 0) is 25.6 Å². The highest BCUT2D eigenvalue weighted by atomic mass is 32.1. The molecule has 0 aliphatic heterocycles. The van der Waals surface area contributed by atoms with Gasteiger partial charge in [-0.3, -0.25) is 4.79 Å². The first kappa shape index (κ1) is 14.4. The SMILES string of the molecule is CCc1cnc(CNC(=O)Cc2sc(=S)[nH]c2C)s1. The van der Waals surface area contributed by atoms with E-state index < -0.39 is 0 Å². The Kier molecular flexibility index (Phi) is 4.84. The third-order valence-corrected chi connectivity index (χ3v) is 5.11. The molecule has 19 heavy (non-hydrogen) atoms. The number of nitrogens with zero attached hydrogens (tertiary/aromatic N) is 1. The fourth-order valence-corrected chi connectivity index (χ4v) is 3.67. The molecule has 2 aromatic rings. The highest BCUT2D eigenvalue weighted by molar-refractivity contribution is 7.73. The van der Waals surface area contributed by atoms with Gasteiger partial charge in [-0.2, -0.15) is 0 Å². The number of hydrogen-bond donors (Lipinski definition) is 2. The zero-order valence-corrected chi connectivity index (χ0v) is 13.2. The third-order valence-electron chi connectivity index (χ3n) is 2.63. The van der Waals surface area contributed by atoms with Gasteiger partial charge in [0.1, 0.15) is 5.01 Å². The number of carbonyl (C=O) groups is 1. The molecule has 0 spiro atoms. The summed E-state index contributed by atoms with van der Waals surface area (Å²) in [5.74, 6) is 0.00148. The fourth-order valence-electron chi connectivity index (χ4n) is 1.58. The summed E-state index contributed by atoms with van der Waals surface area (Å²) in [5, 5.41) is 3.84. The summed E-state index contributed by atoms with van der Waals surface area (Å²) >= 11 is 8.15. The van der Waals surface area contributed by atoms with Crippen LogP contribution in [0.3, 0.4) is 0 Å². The highest BCUT2D eigenvalue weighted by Gasteiger charge is 2.09. The molecule has 0 saturated carbocycles. The van der Waals surface area contributed by atoms with Crippen LogP contribution in [0, 0.1) is 10.9 Å². The van der Waals surface area contributed by atoms with E-state index in [1.54, 1.807) is 11.3 Å². The minimum Gasteiger partial charge on any atom is -0.349 e. The monoisotopic (exact) mass is 313 g/mol. The Balaban J connectivity index is 1.88. The van der Waals surface area contributed by atoms with Crippen LogP contribution in [0.15, 0.2) is 6.20 Å². The predicted octanol–water partition coefficient (Wildman–Crippen LogP) is 2.99. The Morgan fingerprint density at radius 3 is 2.89 bits per heavy atom. The molecule has 0 saturated heterocycles. The Morgan fingerprint density at radius 1 is 1.53 bits per heavy atom. The van der Waals surface area contributed by atoms with Crippen LogP contribution in [-0.4, -0.2) is 15.9 Å². The smallest absolute Gasteiger partial charge is 0.225 e. The second kappa shape index (κ2) is 6.40. The summed E-state index contributed by atoms with van der Waals surface area (Å²) in [6.45, 7) is 4.53. The van der Waals surface area contributed by atoms with E-state index in [2.05, 4.69) is 22.2 Å². The highest BCUT2D eigenvalue weighted by Crippen LogP contribution is 2.16. The second-order valence-electron chi connectivity index (χ2n) is 4.09. The van der Waals surface area contributed by atoms with Crippen LogP contribution >= 0.6 is 34.9 Å². The molecule has 0 unspecified atom stereocenters. The molecule has 2 rings (SSSR count). The van der Waals surface area contributed by atoms with Crippen molar-refractivity contribution >= 4 is 40.8 Å². The van der Waals surface area contributed by atoms with Crippen LogP contribution in [0.5, 0.6) is 0 Å². The van der Waals surface area contributed by atoms with Gasteiger partial charge in [0.25, 0.3) is 0 Å². The van der Waals surface area contributed by atoms with E-state index in [1.165, 1.54) is 16.2 Å². The maximum Gasteiger partial charge on any atom is 0.225 e. The van der Waals surface area contributed by atoms with Gasteiger partial charge in [-0.15, -0.1) is 22.7 Å². The van der Waals surface area contributed by atoms with E-state index in [0.29, 0.717) is 16.9 Å².